The third-order valence-electron chi connectivity index (χ3n) is 3.78. The molecule has 1 atom stereocenters. The van der Waals surface area contributed by atoms with E-state index in [9.17, 15) is 14.4 Å². The maximum Gasteiger partial charge on any atom is 0.396 e. The minimum Gasteiger partial charge on any atom is -0.462 e. The lowest BCUT2D eigenvalue weighted by Gasteiger charge is -2.18. The van der Waals surface area contributed by atoms with Gasteiger partial charge >= 0.3 is 11.9 Å². The Morgan fingerprint density at radius 2 is 1.88 bits per heavy atom. The highest BCUT2D eigenvalue weighted by Crippen LogP contribution is 2.16. The Balaban J connectivity index is 2.17. The number of rotatable bonds is 6. The van der Waals surface area contributed by atoms with Crippen molar-refractivity contribution in [1.29, 1.82) is 5.26 Å². The summed E-state index contributed by atoms with van der Waals surface area (Å²) >= 11 is 0. The molecule has 0 spiro atoms. The molecule has 2 aromatic rings. The largest absolute Gasteiger partial charge is 0.462 e. The number of methoxy groups -OCH3 is 1. The van der Waals surface area contributed by atoms with Crippen LogP contribution in [-0.4, -0.2) is 37.5 Å². The molecule has 0 heterocycles. The predicted octanol–water partition coefficient (Wildman–Crippen LogP) is 1.07. The summed E-state index contributed by atoms with van der Waals surface area (Å²) in [6.45, 7) is 0.164. The van der Waals surface area contributed by atoms with E-state index in [0.29, 0.717) is 0 Å². The average Bonchev–Trinajstić information content (AvgIpc) is 2.66. The van der Waals surface area contributed by atoms with Gasteiger partial charge in [0, 0.05) is 13.0 Å². The summed E-state index contributed by atoms with van der Waals surface area (Å²) in [4.78, 5) is 35.5. The van der Waals surface area contributed by atoms with E-state index in [1.165, 1.54) is 0 Å². The van der Waals surface area contributed by atoms with Crippen molar-refractivity contribution in [2.45, 2.75) is 18.9 Å². The van der Waals surface area contributed by atoms with E-state index in [1.54, 1.807) is 0 Å². The van der Waals surface area contributed by atoms with Crippen molar-refractivity contribution in [2.75, 3.05) is 13.7 Å². The van der Waals surface area contributed by atoms with Crippen LogP contribution in [0.2, 0.25) is 0 Å². The molecule has 0 aliphatic rings. The van der Waals surface area contributed by atoms with Crippen LogP contribution in [0, 0.1) is 11.3 Å². The molecule has 0 saturated carbocycles. The van der Waals surface area contributed by atoms with Crippen LogP contribution in [-0.2, 0) is 25.5 Å². The van der Waals surface area contributed by atoms with Crippen LogP contribution >= 0.6 is 0 Å². The maximum atomic E-state index is 12.3. The zero-order valence-corrected chi connectivity index (χ0v) is 14.3. The molecule has 0 aromatic heterocycles. The average molecular weight is 353 g/mol. The van der Waals surface area contributed by atoms with Gasteiger partial charge < -0.3 is 15.4 Å². The number of esters is 1. The fourth-order valence-corrected chi connectivity index (χ4v) is 2.49. The molecular weight excluding hydrogens is 334 g/mol. The summed E-state index contributed by atoms with van der Waals surface area (Å²) < 4.78 is 4.37. The molecule has 2 rings (SSSR count). The van der Waals surface area contributed by atoms with Crippen molar-refractivity contribution in [1.82, 2.24) is 10.6 Å². The molecule has 2 amide bonds. The minimum absolute atomic E-state index is 0.152. The second kappa shape index (κ2) is 9.18. The molecule has 2 N–H and O–H groups in total. The molecule has 1 unspecified atom stereocenters. The lowest BCUT2D eigenvalue weighted by atomic mass is 10.0. The smallest absolute Gasteiger partial charge is 0.396 e. The Bertz CT molecular complexity index is 857. The third kappa shape index (κ3) is 5.05. The second-order valence-electron chi connectivity index (χ2n) is 5.60. The third-order valence-corrected chi connectivity index (χ3v) is 3.78. The normalized spacial score (nSPS) is 11.2. The summed E-state index contributed by atoms with van der Waals surface area (Å²) in [5, 5.41) is 15.6. The van der Waals surface area contributed by atoms with Crippen LogP contribution in [0.1, 0.15) is 12.0 Å². The van der Waals surface area contributed by atoms with Gasteiger partial charge in [-0.15, -0.1) is 0 Å². The number of hydrogen-bond donors (Lipinski definition) is 2. The molecule has 0 fully saturated rings. The number of amides is 2. The van der Waals surface area contributed by atoms with Gasteiger partial charge in [-0.05, 0) is 16.3 Å². The second-order valence-corrected chi connectivity index (χ2v) is 5.60. The number of carbonyl (C=O) groups is 3. The van der Waals surface area contributed by atoms with Gasteiger partial charge in [0.25, 0.3) is 0 Å². The number of ether oxygens (including phenoxy) is 1. The fraction of sp³-hybridized carbons (Fsp3) is 0.263. The standard InChI is InChI=1S/C19H19N3O4/c1-26-19(25)18(24)22-16(17(23)21-10-4-9-20)12-13-7-8-14-5-2-3-6-15(14)11-13/h2-3,5-8,11,16H,4,10,12H2,1H3,(H,21,23)(H,22,24). The Morgan fingerprint density at radius 3 is 2.58 bits per heavy atom. The summed E-state index contributed by atoms with van der Waals surface area (Å²) in [5.41, 5.74) is 0.828. The molecule has 2 aromatic carbocycles. The minimum atomic E-state index is -1.07. The van der Waals surface area contributed by atoms with E-state index >= 15 is 0 Å². The summed E-state index contributed by atoms with van der Waals surface area (Å²) in [7, 11) is 1.09. The van der Waals surface area contributed by atoms with Gasteiger partial charge in [0.05, 0.1) is 19.6 Å². The molecule has 7 nitrogen and oxygen atoms in total. The van der Waals surface area contributed by atoms with Crippen molar-refractivity contribution in [3.8, 4) is 6.07 Å². The number of nitrogens with zero attached hydrogens (tertiary/aromatic N) is 1. The SMILES string of the molecule is COC(=O)C(=O)NC(Cc1ccc2ccccc2c1)C(=O)NCCC#N. The molecule has 0 saturated heterocycles. The Labute approximate surface area is 150 Å². The van der Waals surface area contributed by atoms with E-state index in [0.717, 1.165) is 23.4 Å². The van der Waals surface area contributed by atoms with E-state index in [-0.39, 0.29) is 19.4 Å². The van der Waals surface area contributed by atoms with Crippen LogP contribution in [0.5, 0.6) is 0 Å². The maximum absolute atomic E-state index is 12.3. The quantitative estimate of drug-likeness (QED) is 0.459. The van der Waals surface area contributed by atoms with Crippen LogP contribution in [0.3, 0.4) is 0 Å². The van der Waals surface area contributed by atoms with Crippen molar-refractivity contribution in [3.63, 3.8) is 0 Å². The van der Waals surface area contributed by atoms with E-state index < -0.39 is 23.8 Å². The van der Waals surface area contributed by atoms with Crippen LogP contribution in [0.4, 0.5) is 0 Å². The molecule has 0 aliphatic carbocycles. The Hall–Kier alpha value is -3.40. The number of benzene rings is 2. The van der Waals surface area contributed by atoms with Crippen LogP contribution < -0.4 is 10.6 Å². The van der Waals surface area contributed by atoms with Gasteiger partial charge in [-0.2, -0.15) is 5.26 Å². The highest BCUT2D eigenvalue weighted by molar-refractivity contribution is 6.32. The van der Waals surface area contributed by atoms with E-state index in [1.807, 2.05) is 48.5 Å². The lowest BCUT2D eigenvalue weighted by molar-refractivity contribution is -0.153. The van der Waals surface area contributed by atoms with Crippen molar-refractivity contribution >= 4 is 28.6 Å². The molecule has 26 heavy (non-hydrogen) atoms. The number of nitriles is 1. The zero-order valence-electron chi connectivity index (χ0n) is 14.3. The highest BCUT2D eigenvalue weighted by Gasteiger charge is 2.24. The number of hydrogen-bond acceptors (Lipinski definition) is 5. The first-order valence-corrected chi connectivity index (χ1v) is 8.06. The summed E-state index contributed by atoms with van der Waals surface area (Å²) in [6.07, 6.45) is 0.353. The zero-order chi connectivity index (χ0) is 18.9. The molecule has 134 valence electrons. The first-order chi connectivity index (χ1) is 12.5. The topological polar surface area (TPSA) is 108 Å². The predicted molar refractivity (Wildman–Crippen MR) is 94.8 cm³/mol. The molecule has 0 radical (unpaired) electrons. The molecule has 7 heteroatoms. The van der Waals surface area contributed by atoms with Gasteiger partial charge in [0.1, 0.15) is 6.04 Å². The van der Waals surface area contributed by atoms with E-state index in [2.05, 4.69) is 15.4 Å². The van der Waals surface area contributed by atoms with Gasteiger partial charge in [0.15, 0.2) is 0 Å². The van der Waals surface area contributed by atoms with Crippen LogP contribution in [0.25, 0.3) is 10.8 Å². The molecular formula is C19H19N3O4. The van der Waals surface area contributed by atoms with Gasteiger partial charge in [-0.25, -0.2) is 4.79 Å². The number of carbonyl (C=O) groups excluding carboxylic acids is 3. The van der Waals surface area contributed by atoms with Crippen molar-refractivity contribution in [3.05, 3.63) is 48.0 Å². The summed E-state index contributed by atoms with van der Waals surface area (Å²) in [6, 6.07) is 14.5. The van der Waals surface area contributed by atoms with Crippen molar-refractivity contribution < 1.29 is 19.1 Å². The highest BCUT2D eigenvalue weighted by atomic mass is 16.5. The lowest BCUT2D eigenvalue weighted by Crippen LogP contribution is -2.50. The van der Waals surface area contributed by atoms with Crippen molar-refractivity contribution in [2.24, 2.45) is 0 Å². The van der Waals surface area contributed by atoms with Crippen LogP contribution in [0.15, 0.2) is 42.5 Å². The first-order valence-electron chi connectivity index (χ1n) is 8.06. The molecule has 0 bridgehead atoms. The number of fused-ring (bicyclic) bond motifs is 1. The monoisotopic (exact) mass is 353 g/mol. The van der Waals surface area contributed by atoms with Gasteiger partial charge in [-0.3, -0.25) is 9.59 Å². The van der Waals surface area contributed by atoms with Gasteiger partial charge in [0.2, 0.25) is 5.91 Å². The summed E-state index contributed by atoms with van der Waals surface area (Å²) in [5.74, 6) is -2.53. The van der Waals surface area contributed by atoms with E-state index in [4.69, 9.17) is 5.26 Å². The van der Waals surface area contributed by atoms with Gasteiger partial charge in [-0.1, -0.05) is 42.5 Å². The fourth-order valence-electron chi connectivity index (χ4n) is 2.49. The molecule has 0 aliphatic heterocycles. The first kappa shape index (κ1) is 18.9. The Kier molecular flexibility index (Phi) is 6.68. The number of nitrogens with one attached hydrogen (secondary N) is 2. The Morgan fingerprint density at radius 1 is 1.15 bits per heavy atom.